The van der Waals surface area contributed by atoms with E-state index < -0.39 is 11.8 Å². The lowest BCUT2D eigenvalue weighted by molar-refractivity contribution is 0.0688. The fraction of sp³-hybridized carbons (Fsp3) is 0.286. The monoisotopic (exact) mass is 440 g/mol. The largest absolute Gasteiger partial charge is 0.477 e. The molecule has 8 heteroatoms. The van der Waals surface area contributed by atoms with Crippen molar-refractivity contribution < 1.29 is 18.7 Å². The van der Waals surface area contributed by atoms with Gasteiger partial charge in [0.05, 0.1) is 0 Å². The summed E-state index contributed by atoms with van der Waals surface area (Å²) in [5, 5.41) is 10.5. The molecule has 0 spiro atoms. The van der Waals surface area contributed by atoms with Gasteiger partial charge in [-0.1, -0.05) is 17.7 Å². The number of likely N-dealkylation sites (tertiary alicyclic amines) is 1. The summed E-state index contributed by atoms with van der Waals surface area (Å²) in [6, 6.07) is 8.93. The molecular weight excluding hydrogens is 421 g/mol. The normalized spacial score (nSPS) is 15.4. The standard InChI is InChI=1S/C21H19ClF2N2O2.ClH/c22-16-2-1-3-17(24)19(16)12-6-8-26(9-7-12)11-15-14-10-13(23)4-5-18(14)25-20(15)21(27)28;/h1-5,10,12,25H,6-9,11H2,(H,27,28);1H. The van der Waals surface area contributed by atoms with Gasteiger partial charge in [0, 0.05) is 33.6 Å². The number of aromatic carboxylic acids is 1. The Labute approximate surface area is 177 Å². The quantitative estimate of drug-likeness (QED) is 0.554. The Hall–Kier alpha value is -2.15. The van der Waals surface area contributed by atoms with E-state index in [1.54, 1.807) is 18.2 Å². The number of hydrogen-bond donors (Lipinski definition) is 2. The number of H-pyrrole nitrogens is 1. The highest BCUT2D eigenvalue weighted by molar-refractivity contribution is 6.31. The van der Waals surface area contributed by atoms with Crippen LogP contribution in [0.15, 0.2) is 36.4 Å². The van der Waals surface area contributed by atoms with E-state index in [1.165, 1.54) is 18.2 Å². The zero-order chi connectivity index (χ0) is 19.8. The summed E-state index contributed by atoms with van der Waals surface area (Å²) in [5.74, 6) is -1.73. The third-order valence-electron chi connectivity index (χ3n) is 5.46. The first kappa shape index (κ1) is 21.6. The van der Waals surface area contributed by atoms with Crippen molar-refractivity contribution in [2.75, 3.05) is 13.1 Å². The van der Waals surface area contributed by atoms with Crippen molar-refractivity contribution >= 4 is 40.9 Å². The number of hydrogen-bond acceptors (Lipinski definition) is 2. The van der Waals surface area contributed by atoms with Gasteiger partial charge in [-0.3, -0.25) is 4.90 Å². The van der Waals surface area contributed by atoms with Crippen molar-refractivity contribution in [3.8, 4) is 0 Å². The van der Waals surface area contributed by atoms with Crippen LogP contribution < -0.4 is 0 Å². The van der Waals surface area contributed by atoms with Crippen LogP contribution in [-0.4, -0.2) is 34.0 Å². The van der Waals surface area contributed by atoms with Gasteiger partial charge in [0.2, 0.25) is 0 Å². The first-order valence-corrected chi connectivity index (χ1v) is 9.51. The maximum Gasteiger partial charge on any atom is 0.352 e. The Morgan fingerprint density at radius 1 is 1.21 bits per heavy atom. The maximum absolute atomic E-state index is 14.2. The zero-order valence-corrected chi connectivity index (χ0v) is 17.0. The fourth-order valence-electron chi connectivity index (χ4n) is 4.07. The van der Waals surface area contributed by atoms with E-state index in [9.17, 15) is 18.7 Å². The Bertz CT molecular complexity index is 1030. The van der Waals surface area contributed by atoms with E-state index in [0.717, 1.165) is 12.8 Å². The molecule has 0 saturated carbocycles. The number of aromatic amines is 1. The first-order valence-electron chi connectivity index (χ1n) is 9.13. The minimum Gasteiger partial charge on any atom is -0.477 e. The van der Waals surface area contributed by atoms with E-state index in [-0.39, 0.29) is 29.8 Å². The summed E-state index contributed by atoms with van der Waals surface area (Å²) in [7, 11) is 0. The van der Waals surface area contributed by atoms with Crippen LogP contribution in [0.2, 0.25) is 5.02 Å². The lowest BCUT2D eigenvalue weighted by atomic mass is 9.88. The highest BCUT2D eigenvalue weighted by atomic mass is 35.5. The van der Waals surface area contributed by atoms with Crippen molar-refractivity contribution in [3.63, 3.8) is 0 Å². The van der Waals surface area contributed by atoms with Gasteiger partial charge in [-0.25, -0.2) is 13.6 Å². The maximum atomic E-state index is 14.2. The van der Waals surface area contributed by atoms with E-state index in [2.05, 4.69) is 9.88 Å². The molecule has 0 radical (unpaired) electrons. The summed E-state index contributed by atoms with van der Waals surface area (Å²) in [6.45, 7) is 1.75. The molecule has 3 aromatic rings. The minimum absolute atomic E-state index is 0. The second-order valence-corrected chi connectivity index (χ2v) is 7.57. The SMILES string of the molecule is Cl.O=C(O)c1[nH]c2ccc(F)cc2c1CN1CCC(c2c(F)cccc2Cl)CC1. The molecule has 0 bridgehead atoms. The van der Waals surface area contributed by atoms with Gasteiger partial charge < -0.3 is 10.1 Å². The summed E-state index contributed by atoms with van der Waals surface area (Å²) < 4.78 is 27.9. The number of carbonyl (C=O) groups is 1. The molecule has 1 aromatic heterocycles. The van der Waals surface area contributed by atoms with Crippen LogP contribution in [0.3, 0.4) is 0 Å². The van der Waals surface area contributed by atoms with Gasteiger partial charge in [-0.15, -0.1) is 12.4 Å². The number of aromatic nitrogens is 1. The summed E-state index contributed by atoms with van der Waals surface area (Å²) in [6.07, 6.45) is 1.44. The second kappa shape index (κ2) is 8.69. The van der Waals surface area contributed by atoms with Crippen LogP contribution in [0.1, 0.15) is 40.4 Å². The number of carboxylic acid groups (broad SMARTS) is 1. The van der Waals surface area contributed by atoms with Crippen molar-refractivity contribution in [2.45, 2.75) is 25.3 Å². The minimum atomic E-state index is -1.07. The van der Waals surface area contributed by atoms with Crippen LogP contribution >= 0.6 is 24.0 Å². The Balaban J connectivity index is 0.00000240. The molecule has 0 aliphatic carbocycles. The highest BCUT2D eigenvalue weighted by Gasteiger charge is 2.27. The van der Waals surface area contributed by atoms with Crippen LogP contribution in [-0.2, 0) is 6.54 Å². The molecule has 0 atom stereocenters. The third-order valence-corrected chi connectivity index (χ3v) is 5.79. The second-order valence-electron chi connectivity index (χ2n) is 7.16. The number of rotatable bonds is 4. The van der Waals surface area contributed by atoms with Crippen LogP contribution in [0.5, 0.6) is 0 Å². The Kier molecular flexibility index (Phi) is 6.46. The number of piperidine rings is 1. The van der Waals surface area contributed by atoms with E-state index in [1.807, 2.05) is 0 Å². The van der Waals surface area contributed by atoms with Crippen LogP contribution in [0.4, 0.5) is 8.78 Å². The molecule has 4 rings (SSSR count). The number of nitrogens with one attached hydrogen (secondary N) is 1. The van der Waals surface area contributed by atoms with Crippen molar-refractivity contribution in [3.05, 3.63) is 69.9 Å². The fourth-order valence-corrected chi connectivity index (χ4v) is 4.39. The molecular formula is C21H20Cl2F2N2O2. The third kappa shape index (κ3) is 4.25. The molecule has 154 valence electrons. The van der Waals surface area contributed by atoms with Crippen molar-refractivity contribution in [2.24, 2.45) is 0 Å². The summed E-state index contributed by atoms with van der Waals surface area (Å²) in [5.41, 5.74) is 1.82. The van der Waals surface area contributed by atoms with Gasteiger partial charge in [-0.2, -0.15) is 0 Å². The van der Waals surface area contributed by atoms with Gasteiger partial charge in [0.15, 0.2) is 0 Å². The average Bonchev–Trinajstić information content (AvgIpc) is 3.01. The molecule has 4 nitrogen and oxygen atoms in total. The number of fused-ring (bicyclic) bond motifs is 1. The first-order chi connectivity index (χ1) is 13.4. The van der Waals surface area contributed by atoms with E-state index >= 15 is 0 Å². The lowest BCUT2D eigenvalue weighted by Gasteiger charge is -2.32. The molecule has 2 aromatic carbocycles. The number of halogens is 4. The smallest absolute Gasteiger partial charge is 0.352 e. The number of benzene rings is 2. The van der Waals surface area contributed by atoms with Gasteiger partial charge in [0.25, 0.3) is 0 Å². The molecule has 0 unspecified atom stereocenters. The Morgan fingerprint density at radius 3 is 2.59 bits per heavy atom. The van der Waals surface area contributed by atoms with Gasteiger partial charge >= 0.3 is 5.97 Å². The van der Waals surface area contributed by atoms with Gasteiger partial charge in [-0.05, 0) is 62.2 Å². The lowest BCUT2D eigenvalue weighted by Crippen LogP contribution is -2.33. The average molecular weight is 441 g/mol. The van der Waals surface area contributed by atoms with Gasteiger partial charge in [0.1, 0.15) is 17.3 Å². The molecule has 1 fully saturated rings. The predicted molar refractivity (Wildman–Crippen MR) is 111 cm³/mol. The molecule has 0 amide bonds. The zero-order valence-electron chi connectivity index (χ0n) is 15.4. The van der Waals surface area contributed by atoms with Crippen LogP contribution in [0.25, 0.3) is 10.9 Å². The molecule has 29 heavy (non-hydrogen) atoms. The van der Waals surface area contributed by atoms with Crippen molar-refractivity contribution in [1.29, 1.82) is 0 Å². The predicted octanol–water partition coefficient (Wildman–Crippen LogP) is 5.60. The van der Waals surface area contributed by atoms with E-state index in [4.69, 9.17) is 11.6 Å². The molecule has 1 aliphatic heterocycles. The number of carboxylic acids is 1. The highest BCUT2D eigenvalue weighted by Crippen LogP contribution is 2.35. The Morgan fingerprint density at radius 2 is 1.93 bits per heavy atom. The molecule has 1 saturated heterocycles. The summed E-state index contributed by atoms with van der Waals surface area (Å²) >= 11 is 6.19. The molecule has 1 aliphatic rings. The molecule has 2 heterocycles. The number of nitrogens with zero attached hydrogens (tertiary/aromatic N) is 1. The van der Waals surface area contributed by atoms with Crippen LogP contribution in [0, 0.1) is 11.6 Å². The van der Waals surface area contributed by atoms with Crippen molar-refractivity contribution in [1.82, 2.24) is 9.88 Å². The topological polar surface area (TPSA) is 56.3 Å². The summed E-state index contributed by atoms with van der Waals surface area (Å²) in [4.78, 5) is 16.6. The molecule has 2 N–H and O–H groups in total. The van der Waals surface area contributed by atoms with E-state index in [0.29, 0.717) is 46.7 Å².